The normalized spacial score (nSPS) is 10.6. The number of hydrogen-bond donors (Lipinski definition) is 3. The molecule has 0 radical (unpaired) electrons. The standard InChI is InChI=1S/C12H16N4O2/c1-8-12(18)10(9(7-17)5-13-8)6-14-11-3-4-16(2)15-11/h3-5,17-18H,6-7H2,1-2H3,(H,14,15). The van der Waals surface area contributed by atoms with Crippen LogP contribution in [0, 0.1) is 6.92 Å². The summed E-state index contributed by atoms with van der Waals surface area (Å²) in [6.45, 7) is 1.96. The molecular formula is C12H16N4O2. The van der Waals surface area contributed by atoms with Gasteiger partial charge in [-0.15, -0.1) is 0 Å². The summed E-state index contributed by atoms with van der Waals surface area (Å²) in [5, 5.41) is 26.5. The number of aryl methyl sites for hydroxylation is 2. The third-order valence-electron chi connectivity index (χ3n) is 2.76. The van der Waals surface area contributed by atoms with Crippen molar-refractivity contribution in [3.63, 3.8) is 0 Å². The number of nitrogens with one attached hydrogen (secondary N) is 1. The average Bonchev–Trinajstić information content (AvgIpc) is 2.77. The zero-order valence-corrected chi connectivity index (χ0v) is 10.4. The summed E-state index contributed by atoms with van der Waals surface area (Å²) in [4.78, 5) is 4.01. The lowest BCUT2D eigenvalue weighted by Gasteiger charge is -2.11. The summed E-state index contributed by atoms with van der Waals surface area (Å²) in [5.74, 6) is 0.834. The highest BCUT2D eigenvalue weighted by Gasteiger charge is 2.11. The van der Waals surface area contributed by atoms with E-state index in [2.05, 4.69) is 15.4 Å². The molecule has 0 amide bonds. The fraction of sp³-hybridized carbons (Fsp3) is 0.333. The van der Waals surface area contributed by atoms with E-state index >= 15 is 0 Å². The lowest BCUT2D eigenvalue weighted by molar-refractivity contribution is 0.279. The SMILES string of the molecule is Cc1ncc(CO)c(CNc2ccn(C)n2)c1O. The van der Waals surface area contributed by atoms with Crippen molar-refractivity contribution in [2.24, 2.45) is 7.05 Å². The van der Waals surface area contributed by atoms with Crippen molar-refractivity contribution >= 4 is 5.82 Å². The van der Waals surface area contributed by atoms with Crippen LogP contribution in [0.15, 0.2) is 18.5 Å². The predicted molar refractivity (Wildman–Crippen MR) is 67.1 cm³/mol. The maximum atomic E-state index is 9.95. The molecule has 0 aliphatic heterocycles. The van der Waals surface area contributed by atoms with E-state index < -0.39 is 0 Å². The zero-order chi connectivity index (χ0) is 13.1. The summed E-state index contributed by atoms with van der Waals surface area (Å²) >= 11 is 0. The van der Waals surface area contributed by atoms with Gasteiger partial charge >= 0.3 is 0 Å². The second-order valence-corrected chi connectivity index (χ2v) is 4.08. The molecule has 0 saturated heterocycles. The Kier molecular flexibility index (Phi) is 3.47. The Morgan fingerprint density at radius 1 is 1.44 bits per heavy atom. The highest BCUT2D eigenvalue weighted by molar-refractivity contribution is 5.44. The van der Waals surface area contributed by atoms with E-state index in [1.54, 1.807) is 17.8 Å². The highest BCUT2D eigenvalue weighted by Crippen LogP contribution is 2.24. The molecule has 0 saturated carbocycles. The first kappa shape index (κ1) is 12.4. The van der Waals surface area contributed by atoms with E-state index in [4.69, 9.17) is 0 Å². The van der Waals surface area contributed by atoms with E-state index in [0.29, 0.717) is 23.4 Å². The minimum absolute atomic E-state index is 0.116. The van der Waals surface area contributed by atoms with Crippen molar-refractivity contribution in [3.05, 3.63) is 35.3 Å². The number of rotatable bonds is 4. The topological polar surface area (TPSA) is 83.2 Å². The van der Waals surface area contributed by atoms with Crippen molar-refractivity contribution in [2.45, 2.75) is 20.1 Å². The molecule has 6 heteroatoms. The predicted octanol–water partition coefficient (Wildman–Crippen LogP) is 0.934. The highest BCUT2D eigenvalue weighted by atomic mass is 16.3. The molecule has 96 valence electrons. The van der Waals surface area contributed by atoms with Gasteiger partial charge in [0.25, 0.3) is 0 Å². The minimum Gasteiger partial charge on any atom is -0.506 e. The average molecular weight is 248 g/mol. The molecule has 0 aliphatic carbocycles. The molecule has 0 fully saturated rings. The summed E-state index contributed by atoms with van der Waals surface area (Å²) in [6, 6.07) is 1.84. The number of nitrogens with zero attached hydrogens (tertiary/aromatic N) is 3. The first-order valence-electron chi connectivity index (χ1n) is 5.62. The molecule has 0 atom stereocenters. The Labute approximate surface area is 105 Å². The third-order valence-corrected chi connectivity index (χ3v) is 2.76. The van der Waals surface area contributed by atoms with Gasteiger partial charge in [0.05, 0.1) is 12.3 Å². The van der Waals surface area contributed by atoms with Crippen molar-refractivity contribution < 1.29 is 10.2 Å². The number of aliphatic hydroxyl groups excluding tert-OH is 1. The Bertz CT molecular complexity index is 551. The van der Waals surface area contributed by atoms with Gasteiger partial charge in [0.1, 0.15) is 11.6 Å². The molecule has 0 unspecified atom stereocenters. The van der Waals surface area contributed by atoms with Crippen LogP contribution in [0.25, 0.3) is 0 Å². The minimum atomic E-state index is -0.153. The largest absolute Gasteiger partial charge is 0.506 e. The molecule has 2 heterocycles. The Hall–Kier alpha value is -2.08. The van der Waals surface area contributed by atoms with Crippen LogP contribution in [0.4, 0.5) is 5.82 Å². The first-order chi connectivity index (χ1) is 8.61. The van der Waals surface area contributed by atoms with Gasteiger partial charge in [0.15, 0.2) is 0 Å². The monoisotopic (exact) mass is 248 g/mol. The molecule has 3 N–H and O–H groups in total. The lowest BCUT2D eigenvalue weighted by atomic mass is 10.1. The van der Waals surface area contributed by atoms with Crippen LogP contribution in [-0.4, -0.2) is 25.0 Å². The second-order valence-electron chi connectivity index (χ2n) is 4.08. The number of aromatic nitrogens is 3. The zero-order valence-electron chi connectivity index (χ0n) is 10.4. The molecule has 6 nitrogen and oxygen atoms in total. The summed E-state index contributed by atoms with van der Waals surface area (Å²) in [5.41, 5.74) is 1.81. The van der Waals surface area contributed by atoms with E-state index in [1.165, 1.54) is 0 Å². The van der Waals surface area contributed by atoms with Crippen LogP contribution in [-0.2, 0) is 20.2 Å². The van der Waals surface area contributed by atoms with Gasteiger partial charge in [-0.3, -0.25) is 9.67 Å². The van der Waals surface area contributed by atoms with E-state index in [1.807, 2.05) is 19.3 Å². The van der Waals surface area contributed by atoms with Crippen LogP contribution in [0.3, 0.4) is 0 Å². The number of anilines is 1. The Balaban J connectivity index is 2.20. The lowest BCUT2D eigenvalue weighted by Crippen LogP contribution is -2.06. The van der Waals surface area contributed by atoms with Gasteiger partial charge in [-0.25, -0.2) is 0 Å². The van der Waals surface area contributed by atoms with Crippen LogP contribution in [0.2, 0.25) is 0 Å². The molecule has 2 aromatic rings. The summed E-state index contributed by atoms with van der Waals surface area (Å²) < 4.78 is 1.69. The second kappa shape index (κ2) is 5.05. The molecule has 2 aromatic heterocycles. The van der Waals surface area contributed by atoms with Gasteiger partial charge in [0, 0.05) is 43.2 Å². The molecular weight excluding hydrogens is 232 g/mol. The Morgan fingerprint density at radius 3 is 2.83 bits per heavy atom. The molecule has 2 rings (SSSR count). The van der Waals surface area contributed by atoms with Crippen molar-refractivity contribution in [3.8, 4) is 5.75 Å². The number of pyridine rings is 1. The maximum absolute atomic E-state index is 9.95. The molecule has 0 bridgehead atoms. The molecule has 0 aromatic carbocycles. The van der Waals surface area contributed by atoms with Crippen LogP contribution < -0.4 is 5.32 Å². The van der Waals surface area contributed by atoms with Crippen LogP contribution >= 0.6 is 0 Å². The van der Waals surface area contributed by atoms with Gasteiger partial charge in [0.2, 0.25) is 0 Å². The van der Waals surface area contributed by atoms with Crippen LogP contribution in [0.1, 0.15) is 16.8 Å². The maximum Gasteiger partial charge on any atom is 0.148 e. The van der Waals surface area contributed by atoms with Gasteiger partial charge in [-0.2, -0.15) is 5.10 Å². The molecule has 0 aliphatic rings. The first-order valence-corrected chi connectivity index (χ1v) is 5.62. The van der Waals surface area contributed by atoms with E-state index in [9.17, 15) is 10.2 Å². The molecule has 0 spiro atoms. The Morgan fingerprint density at radius 2 is 2.22 bits per heavy atom. The summed E-state index contributed by atoms with van der Waals surface area (Å²) in [6.07, 6.45) is 3.40. The van der Waals surface area contributed by atoms with Gasteiger partial charge < -0.3 is 15.5 Å². The molecule has 18 heavy (non-hydrogen) atoms. The summed E-state index contributed by atoms with van der Waals surface area (Å²) in [7, 11) is 1.83. The fourth-order valence-corrected chi connectivity index (χ4v) is 1.71. The third kappa shape index (κ3) is 2.43. The van der Waals surface area contributed by atoms with E-state index in [-0.39, 0.29) is 12.4 Å². The van der Waals surface area contributed by atoms with Crippen molar-refractivity contribution in [1.82, 2.24) is 14.8 Å². The number of aliphatic hydroxyl groups is 1. The van der Waals surface area contributed by atoms with Gasteiger partial charge in [-0.05, 0) is 6.92 Å². The number of hydrogen-bond acceptors (Lipinski definition) is 5. The fourth-order valence-electron chi connectivity index (χ4n) is 1.71. The number of aromatic hydroxyl groups is 1. The van der Waals surface area contributed by atoms with E-state index in [0.717, 1.165) is 5.82 Å². The van der Waals surface area contributed by atoms with Crippen LogP contribution in [0.5, 0.6) is 5.75 Å². The van der Waals surface area contributed by atoms with Crippen molar-refractivity contribution in [2.75, 3.05) is 5.32 Å². The smallest absolute Gasteiger partial charge is 0.148 e. The quantitative estimate of drug-likeness (QED) is 0.749. The van der Waals surface area contributed by atoms with Crippen molar-refractivity contribution in [1.29, 1.82) is 0 Å². The van der Waals surface area contributed by atoms with Gasteiger partial charge in [-0.1, -0.05) is 0 Å².